The topological polar surface area (TPSA) is 26.0 Å². The molecule has 0 N–H and O–H groups in total. The summed E-state index contributed by atoms with van der Waals surface area (Å²) in [5.41, 5.74) is 0.935. The minimum Gasteiger partial charge on any atom is -0.420 e. The van der Waals surface area contributed by atoms with Gasteiger partial charge >= 0.3 is 0 Å². The fourth-order valence-electron chi connectivity index (χ4n) is 1.21. The first-order valence-corrected chi connectivity index (χ1v) is 5.17. The van der Waals surface area contributed by atoms with Crippen molar-refractivity contribution in [2.75, 3.05) is 0 Å². The molecule has 1 aromatic rings. The highest BCUT2D eigenvalue weighted by molar-refractivity contribution is 9.10. The van der Waals surface area contributed by atoms with Gasteiger partial charge in [0.25, 0.3) is 5.35 Å². The lowest BCUT2D eigenvalue weighted by atomic mass is 10.0. The molecule has 0 radical (unpaired) electrons. The van der Waals surface area contributed by atoms with Crippen molar-refractivity contribution < 1.29 is 4.42 Å². The van der Waals surface area contributed by atoms with Crippen LogP contribution < -0.4 is 0 Å². The molecule has 1 rings (SSSR count). The molecular formula is C8H11BrClNO. The van der Waals surface area contributed by atoms with E-state index >= 15 is 0 Å². The SMILES string of the molecule is CCC(CC)c1nc(Cl)oc1Br. The highest BCUT2D eigenvalue weighted by Crippen LogP contribution is 2.31. The summed E-state index contributed by atoms with van der Waals surface area (Å²) >= 11 is 8.90. The maximum absolute atomic E-state index is 5.62. The fourth-order valence-corrected chi connectivity index (χ4v) is 2.04. The van der Waals surface area contributed by atoms with Crippen LogP contribution in [-0.2, 0) is 0 Å². The zero-order chi connectivity index (χ0) is 9.14. The molecule has 0 unspecified atom stereocenters. The zero-order valence-electron chi connectivity index (χ0n) is 7.10. The summed E-state index contributed by atoms with van der Waals surface area (Å²) in [5, 5.41) is 0.212. The lowest BCUT2D eigenvalue weighted by Crippen LogP contribution is -1.96. The van der Waals surface area contributed by atoms with Crippen molar-refractivity contribution in [1.29, 1.82) is 0 Å². The van der Waals surface area contributed by atoms with Gasteiger partial charge in [-0.15, -0.1) is 0 Å². The second-order valence-corrected chi connectivity index (χ2v) is 3.68. The van der Waals surface area contributed by atoms with E-state index in [1.54, 1.807) is 0 Å². The Morgan fingerprint density at radius 2 is 2.08 bits per heavy atom. The summed E-state index contributed by atoms with van der Waals surface area (Å²) in [4.78, 5) is 4.10. The third kappa shape index (κ3) is 2.02. The van der Waals surface area contributed by atoms with Crippen LogP contribution in [0, 0.1) is 0 Å². The van der Waals surface area contributed by atoms with Gasteiger partial charge < -0.3 is 4.42 Å². The molecule has 0 atom stereocenters. The zero-order valence-corrected chi connectivity index (χ0v) is 9.44. The molecule has 0 aliphatic carbocycles. The molecule has 0 aromatic carbocycles. The van der Waals surface area contributed by atoms with Gasteiger partial charge in [0, 0.05) is 5.92 Å². The van der Waals surface area contributed by atoms with Crippen LogP contribution in [0.5, 0.6) is 0 Å². The maximum Gasteiger partial charge on any atom is 0.293 e. The molecule has 0 saturated carbocycles. The van der Waals surface area contributed by atoms with Crippen LogP contribution in [0.3, 0.4) is 0 Å². The average Bonchev–Trinajstić information content (AvgIpc) is 2.34. The molecule has 0 fully saturated rings. The van der Waals surface area contributed by atoms with Crippen LogP contribution in [0.15, 0.2) is 9.09 Å². The highest BCUT2D eigenvalue weighted by atomic mass is 79.9. The molecule has 0 spiro atoms. The second kappa shape index (κ2) is 4.28. The van der Waals surface area contributed by atoms with Gasteiger partial charge in [-0.05, 0) is 40.4 Å². The Balaban J connectivity index is 2.91. The lowest BCUT2D eigenvalue weighted by molar-refractivity contribution is 0.525. The quantitative estimate of drug-likeness (QED) is 0.813. The first-order chi connectivity index (χ1) is 5.69. The van der Waals surface area contributed by atoms with Crippen molar-refractivity contribution in [3.8, 4) is 0 Å². The van der Waals surface area contributed by atoms with Gasteiger partial charge in [-0.25, -0.2) is 4.98 Å². The maximum atomic E-state index is 5.62. The third-order valence-corrected chi connectivity index (χ3v) is 2.69. The van der Waals surface area contributed by atoms with E-state index in [1.165, 1.54) is 0 Å². The Labute approximate surface area is 85.4 Å². The van der Waals surface area contributed by atoms with Gasteiger partial charge in [0.1, 0.15) is 0 Å². The molecule has 1 aromatic heterocycles. The normalized spacial score (nSPS) is 11.1. The van der Waals surface area contributed by atoms with E-state index in [4.69, 9.17) is 16.0 Å². The Morgan fingerprint density at radius 3 is 2.42 bits per heavy atom. The number of nitrogens with zero attached hydrogens (tertiary/aromatic N) is 1. The first kappa shape index (κ1) is 10.1. The van der Waals surface area contributed by atoms with Crippen molar-refractivity contribution >= 4 is 27.5 Å². The van der Waals surface area contributed by atoms with E-state index in [0.29, 0.717) is 10.6 Å². The minimum absolute atomic E-state index is 0.212. The Kier molecular flexibility index (Phi) is 3.59. The molecule has 12 heavy (non-hydrogen) atoms. The molecule has 0 aliphatic rings. The van der Waals surface area contributed by atoms with Crippen LogP contribution in [-0.4, -0.2) is 4.98 Å². The average molecular weight is 253 g/mol. The number of oxazole rings is 1. The van der Waals surface area contributed by atoms with E-state index in [9.17, 15) is 0 Å². The molecule has 1 heterocycles. The molecule has 2 nitrogen and oxygen atoms in total. The summed E-state index contributed by atoms with van der Waals surface area (Å²) in [7, 11) is 0. The largest absolute Gasteiger partial charge is 0.420 e. The first-order valence-electron chi connectivity index (χ1n) is 4.00. The number of rotatable bonds is 3. The van der Waals surface area contributed by atoms with Gasteiger partial charge in [0.05, 0.1) is 5.69 Å². The summed E-state index contributed by atoms with van der Waals surface area (Å²) in [6.45, 7) is 4.26. The number of hydrogen-bond acceptors (Lipinski definition) is 2. The van der Waals surface area contributed by atoms with Crippen molar-refractivity contribution in [3.05, 3.63) is 15.7 Å². The van der Waals surface area contributed by atoms with E-state index in [-0.39, 0.29) is 5.35 Å². The van der Waals surface area contributed by atoms with Crippen molar-refractivity contribution in [2.45, 2.75) is 32.6 Å². The number of halogens is 2. The Morgan fingerprint density at radius 1 is 1.50 bits per heavy atom. The summed E-state index contributed by atoms with van der Waals surface area (Å²) in [6, 6.07) is 0. The lowest BCUT2D eigenvalue weighted by Gasteiger charge is -2.07. The van der Waals surface area contributed by atoms with Gasteiger partial charge in [0.2, 0.25) is 0 Å². The van der Waals surface area contributed by atoms with E-state index < -0.39 is 0 Å². The van der Waals surface area contributed by atoms with Crippen molar-refractivity contribution in [3.63, 3.8) is 0 Å². The highest BCUT2D eigenvalue weighted by Gasteiger charge is 2.16. The van der Waals surface area contributed by atoms with Gasteiger partial charge in [0.15, 0.2) is 4.67 Å². The minimum atomic E-state index is 0.212. The molecule has 68 valence electrons. The summed E-state index contributed by atoms with van der Waals surface area (Å²) < 4.78 is 5.74. The monoisotopic (exact) mass is 251 g/mol. The molecular weight excluding hydrogens is 241 g/mol. The molecule has 0 aliphatic heterocycles. The standard InChI is InChI=1S/C8H11BrClNO/c1-3-5(4-2)6-7(9)12-8(10)11-6/h5H,3-4H2,1-2H3. The van der Waals surface area contributed by atoms with Crippen molar-refractivity contribution in [2.24, 2.45) is 0 Å². The number of aromatic nitrogens is 1. The van der Waals surface area contributed by atoms with Crippen LogP contribution >= 0.6 is 27.5 Å². The van der Waals surface area contributed by atoms with Crippen LogP contribution in [0.4, 0.5) is 0 Å². The predicted molar refractivity (Wildman–Crippen MR) is 52.5 cm³/mol. The third-order valence-electron chi connectivity index (χ3n) is 1.96. The van der Waals surface area contributed by atoms with E-state index in [1.807, 2.05) is 0 Å². The van der Waals surface area contributed by atoms with E-state index in [0.717, 1.165) is 18.5 Å². The molecule has 0 bridgehead atoms. The second-order valence-electron chi connectivity index (χ2n) is 2.64. The van der Waals surface area contributed by atoms with Crippen LogP contribution in [0.25, 0.3) is 0 Å². The van der Waals surface area contributed by atoms with E-state index in [2.05, 4.69) is 34.8 Å². The molecule has 0 amide bonds. The Hall–Kier alpha value is -0.0200. The van der Waals surface area contributed by atoms with Gasteiger partial charge in [-0.1, -0.05) is 13.8 Å². The number of hydrogen-bond donors (Lipinski definition) is 0. The molecule has 0 saturated heterocycles. The van der Waals surface area contributed by atoms with Crippen molar-refractivity contribution in [1.82, 2.24) is 4.98 Å². The summed E-state index contributed by atoms with van der Waals surface area (Å²) in [5.74, 6) is 0.440. The van der Waals surface area contributed by atoms with Gasteiger partial charge in [-0.2, -0.15) is 0 Å². The van der Waals surface area contributed by atoms with Crippen LogP contribution in [0.2, 0.25) is 5.35 Å². The smallest absolute Gasteiger partial charge is 0.293 e. The Bertz CT molecular complexity index is 258. The predicted octanol–water partition coefficient (Wildman–Crippen LogP) is 3.99. The fraction of sp³-hybridized carbons (Fsp3) is 0.625. The van der Waals surface area contributed by atoms with Gasteiger partial charge in [-0.3, -0.25) is 0 Å². The summed E-state index contributed by atoms with van der Waals surface area (Å²) in [6.07, 6.45) is 2.11. The molecule has 4 heteroatoms. The van der Waals surface area contributed by atoms with Crippen LogP contribution in [0.1, 0.15) is 38.3 Å².